The summed E-state index contributed by atoms with van der Waals surface area (Å²) in [4.78, 5) is 26.9. The number of benzene rings is 1. The standard InChI is InChI=1S/C23H28N2O7/c1-14-7-5-6-8-18(14)23-24-21(32-25-23)11-9-15(2)29-22-12-10-19(30-17(4)27)20(31-22)13-28-16(3)26/h5-8,10,12,15,19-20,22H,9,11,13H2,1-4H3/t15-,19+,20-,22+/m1/s1. The second kappa shape index (κ2) is 11.0. The zero-order valence-electron chi connectivity index (χ0n) is 18.6. The fourth-order valence-corrected chi connectivity index (χ4v) is 3.25. The van der Waals surface area contributed by atoms with E-state index >= 15 is 0 Å². The van der Waals surface area contributed by atoms with Gasteiger partial charge in [0.05, 0.1) is 6.10 Å². The molecular weight excluding hydrogens is 416 g/mol. The number of esters is 2. The van der Waals surface area contributed by atoms with Gasteiger partial charge < -0.3 is 23.5 Å². The van der Waals surface area contributed by atoms with Crippen LogP contribution in [0.25, 0.3) is 11.4 Å². The highest BCUT2D eigenvalue weighted by Gasteiger charge is 2.31. The minimum atomic E-state index is -0.664. The summed E-state index contributed by atoms with van der Waals surface area (Å²) in [5.41, 5.74) is 2.02. The smallest absolute Gasteiger partial charge is 0.303 e. The van der Waals surface area contributed by atoms with Gasteiger partial charge >= 0.3 is 11.9 Å². The van der Waals surface area contributed by atoms with Gasteiger partial charge in [0.15, 0.2) is 6.29 Å². The number of hydrogen-bond acceptors (Lipinski definition) is 9. The molecule has 0 unspecified atom stereocenters. The van der Waals surface area contributed by atoms with Crippen LogP contribution in [0.1, 0.15) is 38.6 Å². The summed E-state index contributed by atoms with van der Waals surface area (Å²) in [5, 5.41) is 4.07. The zero-order valence-corrected chi connectivity index (χ0v) is 18.6. The molecule has 0 aliphatic carbocycles. The summed E-state index contributed by atoms with van der Waals surface area (Å²) >= 11 is 0. The molecule has 1 aromatic heterocycles. The van der Waals surface area contributed by atoms with Crippen molar-refractivity contribution >= 4 is 11.9 Å². The lowest BCUT2D eigenvalue weighted by Gasteiger charge is -2.32. The third-order valence-electron chi connectivity index (χ3n) is 4.87. The molecule has 0 radical (unpaired) electrons. The molecule has 32 heavy (non-hydrogen) atoms. The summed E-state index contributed by atoms with van der Waals surface area (Å²) in [5.74, 6) is 0.199. The number of nitrogens with zero attached hydrogens (tertiary/aromatic N) is 2. The molecule has 0 bridgehead atoms. The minimum Gasteiger partial charge on any atom is -0.463 e. The van der Waals surface area contributed by atoms with Gasteiger partial charge in [0.2, 0.25) is 11.7 Å². The van der Waals surface area contributed by atoms with E-state index in [9.17, 15) is 9.59 Å². The van der Waals surface area contributed by atoms with Crippen molar-refractivity contribution in [3.05, 3.63) is 47.9 Å². The molecule has 9 heteroatoms. The van der Waals surface area contributed by atoms with E-state index in [-0.39, 0.29) is 12.7 Å². The Hall–Kier alpha value is -3.04. The lowest BCUT2D eigenvalue weighted by atomic mass is 10.1. The number of aromatic nitrogens is 2. The Labute approximate surface area is 186 Å². The van der Waals surface area contributed by atoms with E-state index in [1.54, 1.807) is 12.2 Å². The van der Waals surface area contributed by atoms with E-state index in [1.807, 2.05) is 38.1 Å². The van der Waals surface area contributed by atoms with Crippen LogP contribution >= 0.6 is 0 Å². The number of ether oxygens (including phenoxy) is 4. The molecule has 0 amide bonds. The van der Waals surface area contributed by atoms with Crippen LogP contribution in [-0.4, -0.2) is 53.3 Å². The molecule has 4 atom stereocenters. The zero-order chi connectivity index (χ0) is 23.1. The van der Waals surface area contributed by atoms with Crippen LogP contribution in [0.2, 0.25) is 0 Å². The Morgan fingerprint density at radius 1 is 1.16 bits per heavy atom. The van der Waals surface area contributed by atoms with Crippen molar-refractivity contribution in [2.75, 3.05) is 6.61 Å². The molecule has 2 heterocycles. The predicted molar refractivity (Wildman–Crippen MR) is 113 cm³/mol. The summed E-state index contributed by atoms with van der Waals surface area (Å²) in [6.07, 6.45) is 2.38. The lowest BCUT2D eigenvalue weighted by Crippen LogP contribution is -2.42. The lowest BCUT2D eigenvalue weighted by molar-refractivity contribution is -0.208. The van der Waals surface area contributed by atoms with Crippen molar-refractivity contribution in [3.8, 4) is 11.4 Å². The molecule has 3 rings (SSSR count). The van der Waals surface area contributed by atoms with E-state index in [1.165, 1.54) is 13.8 Å². The first-order valence-electron chi connectivity index (χ1n) is 10.5. The quantitative estimate of drug-likeness (QED) is 0.425. The maximum absolute atomic E-state index is 11.3. The highest BCUT2D eigenvalue weighted by Crippen LogP contribution is 2.22. The van der Waals surface area contributed by atoms with Gasteiger partial charge in [-0.15, -0.1) is 0 Å². The molecule has 0 N–H and O–H groups in total. The predicted octanol–water partition coefficient (Wildman–Crippen LogP) is 3.16. The molecule has 0 spiro atoms. The first-order valence-corrected chi connectivity index (χ1v) is 10.5. The van der Waals surface area contributed by atoms with Gasteiger partial charge in [0.25, 0.3) is 0 Å². The van der Waals surface area contributed by atoms with Crippen molar-refractivity contribution in [1.29, 1.82) is 0 Å². The highest BCUT2D eigenvalue weighted by atomic mass is 16.7. The fourth-order valence-electron chi connectivity index (χ4n) is 3.25. The van der Waals surface area contributed by atoms with Crippen molar-refractivity contribution in [1.82, 2.24) is 10.1 Å². The summed E-state index contributed by atoms with van der Waals surface area (Å²) in [6, 6.07) is 7.86. The monoisotopic (exact) mass is 444 g/mol. The van der Waals surface area contributed by atoms with Crippen LogP contribution < -0.4 is 0 Å². The van der Waals surface area contributed by atoms with Gasteiger partial charge in [-0.3, -0.25) is 9.59 Å². The largest absolute Gasteiger partial charge is 0.463 e. The highest BCUT2D eigenvalue weighted by molar-refractivity contribution is 5.67. The molecule has 172 valence electrons. The second-order valence-corrected chi connectivity index (χ2v) is 7.62. The molecule has 1 aliphatic rings. The molecular formula is C23H28N2O7. The van der Waals surface area contributed by atoms with Crippen LogP contribution in [0, 0.1) is 6.92 Å². The molecule has 2 aromatic rings. The van der Waals surface area contributed by atoms with Crippen molar-refractivity contribution in [2.24, 2.45) is 0 Å². The number of carbonyl (C=O) groups is 2. The van der Waals surface area contributed by atoms with E-state index in [4.69, 9.17) is 23.5 Å². The molecule has 9 nitrogen and oxygen atoms in total. The van der Waals surface area contributed by atoms with E-state index < -0.39 is 30.4 Å². The van der Waals surface area contributed by atoms with Gasteiger partial charge in [0, 0.05) is 25.8 Å². The normalized spacial score (nSPS) is 21.2. The molecule has 0 saturated carbocycles. The molecule has 1 aromatic carbocycles. The molecule has 0 saturated heterocycles. The van der Waals surface area contributed by atoms with Gasteiger partial charge in [0.1, 0.15) is 18.8 Å². The topological polar surface area (TPSA) is 110 Å². The van der Waals surface area contributed by atoms with E-state index in [0.717, 1.165) is 11.1 Å². The molecule has 0 fully saturated rings. The van der Waals surface area contributed by atoms with Crippen molar-refractivity contribution < 1.29 is 33.1 Å². The third kappa shape index (κ3) is 6.73. The van der Waals surface area contributed by atoms with Gasteiger partial charge in [-0.1, -0.05) is 29.4 Å². The van der Waals surface area contributed by atoms with Gasteiger partial charge in [-0.05, 0) is 38.0 Å². The van der Waals surface area contributed by atoms with E-state index in [2.05, 4.69) is 10.1 Å². The van der Waals surface area contributed by atoms with Crippen LogP contribution in [0.15, 0.2) is 40.9 Å². The Morgan fingerprint density at radius 2 is 1.94 bits per heavy atom. The van der Waals surface area contributed by atoms with Crippen LogP contribution in [-0.2, 0) is 35.0 Å². The van der Waals surface area contributed by atoms with Crippen LogP contribution in [0.4, 0.5) is 0 Å². The maximum atomic E-state index is 11.3. The number of aryl methyl sites for hydroxylation is 2. The Morgan fingerprint density at radius 3 is 2.66 bits per heavy atom. The van der Waals surface area contributed by atoms with E-state index in [0.29, 0.717) is 24.6 Å². The fraction of sp³-hybridized carbons (Fsp3) is 0.478. The van der Waals surface area contributed by atoms with Crippen molar-refractivity contribution in [2.45, 2.75) is 65.1 Å². The third-order valence-corrected chi connectivity index (χ3v) is 4.87. The first-order chi connectivity index (χ1) is 15.3. The average molecular weight is 444 g/mol. The Bertz CT molecular complexity index is 955. The van der Waals surface area contributed by atoms with Crippen LogP contribution in [0.5, 0.6) is 0 Å². The van der Waals surface area contributed by atoms with Crippen LogP contribution in [0.3, 0.4) is 0 Å². The first kappa shape index (κ1) is 23.6. The Kier molecular flexibility index (Phi) is 8.13. The SMILES string of the molecule is CC(=O)OC[C@H]1O[C@H](O[C@H](C)CCc2nc(-c3ccccc3C)no2)C=C[C@@H]1OC(C)=O. The Balaban J connectivity index is 1.53. The summed E-state index contributed by atoms with van der Waals surface area (Å²) in [6.45, 7) is 6.48. The molecule has 1 aliphatic heterocycles. The maximum Gasteiger partial charge on any atom is 0.303 e. The summed E-state index contributed by atoms with van der Waals surface area (Å²) < 4.78 is 27.4. The average Bonchev–Trinajstić information content (AvgIpc) is 3.21. The summed E-state index contributed by atoms with van der Waals surface area (Å²) in [7, 11) is 0. The van der Waals surface area contributed by atoms with Gasteiger partial charge in [-0.25, -0.2) is 0 Å². The van der Waals surface area contributed by atoms with Gasteiger partial charge in [-0.2, -0.15) is 4.98 Å². The van der Waals surface area contributed by atoms with Crippen molar-refractivity contribution in [3.63, 3.8) is 0 Å². The number of rotatable bonds is 9. The minimum absolute atomic E-state index is 0.0461. The number of hydrogen-bond donors (Lipinski definition) is 0. The number of carbonyl (C=O) groups excluding carboxylic acids is 2. The second-order valence-electron chi connectivity index (χ2n) is 7.62.